The van der Waals surface area contributed by atoms with Crippen molar-refractivity contribution in [1.82, 2.24) is 9.55 Å². The number of hydrogen-bond acceptors (Lipinski definition) is 5. The number of nitrogens with zero attached hydrogens (tertiary/aromatic N) is 2. The Hall–Kier alpha value is -2.21. The lowest BCUT2D eigenvalue weighted by Gasteiger charge is -2.15. The minimum Gasteiger partial charge on any atom is -0.466 e. The maximum Gasteiger partial charge on any atom is 0.308 e. The van der Waals surface area contributed by atoms with Crippen molar-refractivity contribution in [3.8, 4) is 0 Å². The second-order valence-electron chi connectivity index (χ2n) is 4.76. The highest BCUT2D eigenvalue weighted by Gasteiger charge is 2.15. The van der Waals surface area contributed by atoms with Gasteiger partial charge in [0.15, 0.2) is 0 Å². The third-order valence-corrected chi connectivity index (χ3v) is 3.12. The van der Waals surface area contributed by atoms with Crippen LogP contribution in [0.5, 0.6) is 0 Å². The molecule has 6 nitrogen and oxygen atoms in total. The van der Waals surface area contributed by atoms with Crippen molar-refractivity contribution in [2.75, 3.05) is 6.61 Å². The molecule has 1 atom stereocenters. The second-order valence-corrected chi connectivity index (χ2v) is 4.76. The summed E-state index contributed by atoms with van der Waals surface area (Å²) >= 11 is 0. The van der Waals surface area contributed by atoms with E-state index in [1.807, 2.05) is 6.07 Å². The van der Waals surface area contributed by atoms with Gasteiger partial charge in [-0.25, -0.2) is 4.98 Å². The van der Waals surface area contributed by atoms with Crippen LogP contribution < -0.4 is 5.56 Å². The number of carbonyl (C=O) groups is 1. The fourth-order valence-electron chi connectivity index (χ4n) is 2.19. The van der Waals surface area contributed by atoms with Crippen molar-refractivity contribution in [3.05, 3.63) is 40.3 Å². The number of fused-ring (bicyclic) bond motifs is 1. The molecule has 0 spiro atoms. The van der Waals surface area contributed by atoms with Gasteiger partial charge in [-0.15, -0.1) is 0 Å². The summed E-state index contributed by atoms with van der Waals surface area (Å²) in [4.78, 5) is 27.8. The van der Waals surface area contributed by atoms with Crippen LogP contribution in [0.15, 0.2) is 29.1 Å². The Morgan fingerprint density at radius 2 is 2.14 bits per heavy atom. The van der Waals surface area contributed by atoms with Crippen LogP contribution in [0.25, 0.3) is 11.0 Å². The molecule has 1 aromatic carbocycles. The monoisotopic (exact) mass is 290 g/mol. The fourth-order valence-corrected chi connectivity index (χ4v) is 2.19. The van der Waals surface area contributed by atoms with E-state index in [4.69, 9.17) is 4.74 Å². The summed E-state index contributed by atoms with van der Waals surface area (Å²) in [5.74, 6) is -0.479. The van der Waals surface area contributed by atoms with Gasteiger partial charge >= 0.3 is 5.97 Å². The average Bonchev–Trinajstić information content (AvgIpc) is 2.44. The average molecular weight is 290 g/mol. The van der Waals surface area contributed by atoms with Crippen molar-refractivity contribution >= 4 is 17.0 Å². The minimum absolute atomic E-state index is 0.0293. The third kappa shape index (κ3) is 3.46. The zero-order chi connectivity index (χ0) is 15.4. The molecule has 0 aliphatic rings. The first-order valence-corrected chi connectivity index (χ1v) is 6.82. The summed E-state index contributed by atoms with van der Waals surface area (Å²) in [6.45, 7) is 3.63. The number of aliphatic hydroxyl groups is 1. The van der Waals surface area contributed by atoms with Gasteiger partial charge in [-0.05, 0) is 26.0 Å². The maximum absolute atomic E-state index is 12.2. The van der Waals surface area contributed by atoms with E-state index in [-0.39, 0.29) is 25.1 Å². The molecule has 2 aromatic rings. The molecule has 0 aliphatic carbocycles. The number of carbonyl (C=O) groups excluding carboxylic acids is 1. The van der Waals surface area contributed by atoms with E-state index in [9.17, 15) is 14.7 Å². The molecule has 2 rings (SSSR count). The van der Waals surface area contributed by atoms with Crippen LogP contribution in [0.3, 0.4) is 0 Å². The minimum atomic E-state index is -0.980. The first kappa shape index (κ1) is 15.2. The lowest BCUT2D eigenvalue weighted by molar-refractivity contribution is -0.145. The Morgan fingerprint density at radius 1 is 1.43 bits per heavy atom. The highest BCUT2D eigenvalue weighted by molar-refractivity contribution is 5.74. The number of aryl methyl sites for hydroxylation is 1. The molecule has 112 valence electrons. The van der Waals surface area contributed by atoms with E-state index in [1.165, 1.54) is 4.57 Å². The predicted molar refractivity (Wildman–Crippen MR) is 78.0 cm³/mol. The van der Waals surface area contributed by atoms with Gasteiger partial charge in [0.1, 0.15) is 5.69 Å². The summed E-state index contributed by atoms with van der Waals surface area (Å²) in [5, 5.41) is 9.99. The van der Waals surface area contributed by atoms with E-state index in [2.05, 4.69) is 4.98 Å². The number of para-hydroxylation sites is 2. The van der Waals surface area contributed by atoms with Crippen molar-refractivity contribution < 1.29 is 14.6 Å². The Morgan fingerprint density at radius 3 is 2.86 bits per heavy atom. The van der Waals surface area contributed by atoms with Gasteiger partial charge in [-0.2, -0.15) is 0 Å². The zero-order valence-corrected chi connectivity index (χ0v) is 12.1. The molecular weight excluding hydrogens is 272 g/mol. The predicted octanol–water partition coefficient (Wildman–Crippen LogP) is 1.02. The van der Waals surface area contributed by atoms with E-state index in [0.29, 0.717) is 16.7 Å². The Labute approximate surface area is 122 Å². The van der Waals surface area contributed by atoms with E-state index in [0.717, 1.165) is 0 Å². The highest BCUT2D eigenvalue weighted by Crippen LogP contribution is 2.11. The van der Waals surface area contributed by atoms with Gasteiger partial charge in [0.2, 0.25) is 0 Å². The third-order valence-electron chi connectivity index (χ3n) is 3.12. The molecule has 1 aromatic heterocycles. The van der Waals surface area contributed by atoms with Gasteiger partial charge in [0.05, 0.1) is 36.7 Å². The smallest absolute Gasteiger partial charge is 0.308 e. The normalized spacial score (nSPS) is 12.3. The van der Waals surface area contributed by atoms with Crippen LogP contribution in [0.1, 0.15) is 19.0 Å². The van der Waals surface area contributed by atoms with E-state index >= 15 is 0 Å². The fraction of sp³-hybridized carbons (Fsp3) is 0.400. The van der Waals surface area contributed by atoms with Gasteiger partial charge in [-0.1, -0.05) is 12.1 Å². The number of aliphatic hydroxyl groups excluding tert-OH is 1. The van der Waals surface area contributed by atoms with Gasteiger partial charge in [-0.3, -0.25) is 9.59 Å². The molecule has 0 aliphatic heterocycles. The summed E-state index contributed by atoms with van der Waals surface area (Å²) in [5.41, 5.74) is 1.41. The highest BCUT2D eigenvalue weighted by atomic mass is 16.5. The van der Waals surface area contributed by atoms with Crippen molar-refractivity contribution in [3.63, 3.8) is 0 Å². The Kier molecular flexibility index (Phi) is 4.70. The van der Waals surface area contributed by atoms with Crippen LogP contribution in [-0.2, 0) is 16.1 Å². The lowest BCUT2D eigenvalue weighted by atomic mass is 10.2. The zero-order valence-electron chi connectivity index (χ0n) is 12.1. The molecule has 1 heterocycles. The van der Waals surface area contributed by atoms with Gasteiger partial charge in [0.25, 0.3) is 5.56 Å². The molecule has 0 amide bonds. The first-order valence-electron chi connectivity index (χ1n) is 6.82. The van der Waals surface area contributed by atoms with Crippen LogP contribution in [0.2, 0.25) is 0 Å². The number of ether oxygens (including phenoxy) is 1. The van der Waals surface area contributed by atoms with Gasteiger partial charge in [0, 0.05) is 0 Å². The Bertz CT molecular complexity index is 708. The second kappa shape index (κ2) is 6.49. The van der Waals surface area contributed by atoms with Crippen LogP contribution in [0.4, 0.5) is 0 Å². The topological polar surface area (TPSA) is 81.4 Å². The Balaban J connectivity index is 2.31. The maximum atomic E-state index is 12.2. The molecule has 0 saturated heterocycles. The van der Waals surface area contributed by atoms with Crippen molar-refractivity contribution in [2.24, 2.45) is 0 Å². The molecule has 0 bridgehead atoms. The number of esters is 1. The number of aromatic nitrogens is 2. The SMILES string of the molecule is CCOC(=O)CC(O)Cn1c(=O)c(C)nc2ccccc21. The molecule has 1 N–H and O–H groups in total. The summed E-state index contributed by atoms with van der Waals surface area (Å²) in [6.07, 6.45) is -1.12. The first-order chi connectivity index (χ1) is 10.0. The largest absolute Gasteiger partial charge is 0.466 e. The number of benzene rings is 1. The molecule has 0 radical (unpaired) electrons. The van der Waals surface area contributed by atoms with Crippen LogP contribution >= 0.6 is 0 Å². The summed E-state index contributed by atoms with van der Waals surface area (Å²) in [7, 11) is 0. The molecule has 0 fully saturated rings. The van der Waals surface area contributed by atoms with E-state index in [1.54, 1.807) is 32.0 Å². The van der Waals surface area contributed by atoms with Gasteiger partial charge < -0.3 is 14.4 Å². The number of rotatable bonds is 5. The van der Waals surface area contributed by atoms with Crippen LogP contribution in [-0.4, -0.2) is 33.3 Å². The molecular formula is C15H18N2O4. The lowest BCUT2D eigenvalue weighted by Crippen LogP contribution is -2.30. The standard InChI is InChI=1S/C15H18N2O4/c1-3-21-14(19)8-11(18)9-17-13-7-5-4-6-12(13)16-10(2)15(17)20/h4-7,11,18H,3,8-9H2,1-2H3. The van der Waals surface area contributed by atoms with Crippen molar-refractivity contribution in [1.29, 1.82) is 0 Å². The quantitative estimate of drug-likeness (QED) is 0.831. The summed E-state index contributed by atoms with van der Waals surface area (Å²) < 4.78 is 6.24. The van der Waals surface area contributed by atoms with Crippen molar-refractivity contribution in [2.45, 2.75) is 32.9 Å². The molecule has 0 saturated carbocycles. The van der Waals surface area contributed by atoms with E-state index < -0.39 is 12.1 Å². The van der Waals surface area contributed by atoms with Crippen LogP contribution in [0, 0.1) is 6.92 Å². The molecule has 21 heavy (non-hydrogen) atoms. The summed E-state index contributed by atoms with van der Waals surface area (Å²) in [6, 6.07) is 7.20. The molecule has 1 unspecified atom stereocenters. The molecule has 6 heteroatoms. The number of hydrogen-bond donors (Lipinski definition) is 1.